The van der Waals surface area contributed by atoms with Crippen molar-refractivity contribution in [3.8, 4) is 0 Å². The maximum atomic E-state index is 12.6. The minimum Gasteiger partial charge on any atom is -0.337 e. The van der Waals surface area contributed by atoms with Crippen LogP contribution in [0, 0.1) is 0 Å². The number of benzene rings is 1. The number of hydrogen-bond acceptors (Lipinski definition) is 3. The van der Waals surface area contributed by atoms with Gasteiger partial charge in [0.15, 0.2) is 0 Å². The zero-order valence-corrected chi connectivity index (χ0v) is 12.2. The van der Waals surface area contributed by atoms with Gasteiger partial charge in [0.2, 0.25) is 15.0 Å². The number of rotatable bonds is 3. The Morgan fingerprint density at radius 3 is 2.52 bits per heavy atom. The van der Waals surface area contributed by atoms with E-state index in [1.54, 1.807) is 0 Å². The maximum absolute atomic E-state index is 12.6. The monoisotopic (exact) mass is 341 g/mol. The molecule has 9 heteroatoms. The fourth-order valence-corrected chi connectivity index (χ4v) is 3.20. The van der Waals surface area contributed by atoms with Gasteiger partial charge in [-0.3, -0.25) is 4.79 Å². The van der Waals surface area contributed by atoms with Crippen LogP contribution in [-0.4, -0.2) is 31.0 Å². The number of halogens is 4. The van der Waals surface area contributed by atoms with E-state index in [9.17, 15) is 26.4 Å². The van der Waals surface area contributed by atoms with Gasteiger partial charge in [0, 0.05) is 30.2 Å². The van der Waals surface area contributed by atoms with Crippen LogP contribution < -0.4 is 0 Å². The van der Waals surface area contributed by atoms with Crippen LogP contribution >= 0.6 is 10.7 Å². The Balaban J connectivity index is 2.14. The van der Waals surface area contributed by atoms with E-state index >= 15 is 0 Å². The van der Waals surface area contributed by atoms with Crippen LogP contribution in [0.3, 0.4) is 0 Å². The Morgan fingerprint density at radius 1 is 1.33 bits per heavy atom. The Bertz CT molecular complexity index is 660. The lowest BCUT2D eigenvalue weighted by molar-refractivity contribution is -0.137. The van der Waals surface area contributed by atoms with Gasteiger partial charge in [0.05, 0.1) is 5.56 Å². The van der Waals surface area contributed by atoms with Crippen molar-refractivity contribution < 1.29 is 26.4 Å². The third-order valence-corrected chi connectivity index (χ3v) is 5.07. The standard InChI is InChI=1S/C12H11ClF3NO3S/c13-21(19,20)10-5-11(18)17(7-10)6-8-2-1-3-9(4-8)12(14,15)16/h1-4,10H,5-7H2. The first kappa shape index (κ1) is 16.1. The summed E-state index contributed by atoms with van der Waals surface area (Å²) >= 11 is 0. The lowest BCUT2D eigenvalue weighted by atomic mass is 10.1. The van der Waals surface area contributed by atoms with Crippen LogP contribution in [0.15, 0.2) is 24.3 Å². The van der Waals surface area contributed by atoms with Gasteiger partial charge in [-0.15, -0.1) is 0 Å². The summed E-state index contributed by atoms with van der Waals surface area (Å²) in [7, 11) is 1.34. The highest BCUT2D eigenvalue weighted by Gasteiger charge is 2.37. The van der Waals surface area contributed by atoms with Gasteiger partial charge in [0.25, 0.3) is 0 Å². The van der Waals surface area contributed by atoms with Crippen molar-refractivity contribution in [2.24, 2.45) is 0 Å². The third-order valence-electron chi connectivity index (χ3n) is 3.20. The first-order valence-electron chi connectivity index (χ1n) is 5.95. The summed E-state index contributed by atoms with van der Waals surface area (Å²) < 4.78 is 60.2. The summed E-state index contributed by atoms with van der Waals surface area (Å²) in [6.45, 7) is -0.188. The van der Waals surface area contributed by atoms with Crippen LogP contribution in [0.5, 0.6) is 0 Å². The summed E-state index contributed by atoms with van der Waals surface area (Å²) in [5, 5.41) is -1.02. The van der Waals surface area contributed by atoms with Crippen LogP contribution in [0.1, 0.15) is 17.5 Å². The molecule has 0 radical (unpaired) electrons. The second-order valence-corrected chi connectivity index (χ2v) is 7.68. The van der Waals surface area contributed by atoms with E-state index in [4.69, 9.17) is 10.7 Å². The first-order valence-corrected chi connectivity index (χ1v) is 8.32. The van der Waals surface area contributed by atoms with Crippen LogP contribution in [0.4, 0.5) is 13.2 Å². The zero-order valence-electron chi connectivity index (χ0n) is 10.6. The summed E-state index contributed by atoms with van der Waals surface area (Å²) in [4.78, 5) is 12.9. The minimum absolute atomic E-state index is 0.0777. The van der Waals surface area contributed by atoms with Gasteiger partial charge in [-0.25, -0.2) is 8.42 Å². The van der Waals surface area contributed by atoms with E-state index in [1.165, 1.54) is 17.0 Å². The Kier molecular flexibility index (Phi) is 4.21. The molecule has 1 saturated heterocycles. The highest BCUT2D eigenvalue weighted by molar-refractivity contribution is 8.14. The summed E-state index contributed by atoms with van der Waals surface area (Å²) in [6.07, 6.45) is -4.71. The average molecular weight is 342 g/mol. The van der Waals surface area contributed by atoms with Gasteiger partial charge < -0.3 is 4.90 Å². The second-order valence-electron chi connectivity index (χ2n) is 4.77. The molecule has 0 saturated carbocycles. The molecule has 1 amide bonds. The van der Waals surface area contributed by atoms with Crippen molar-refractivity contribution in [1.29, 1.82) is 0 Å². The number of carbonyl (C=O) groups excluding carboxylic acids is 1. The van der Waals surface area contributed by atoms with Crippen LogP contribution in [0.25, 0.3) is 0 Å². The van der Waals surface area contributed by atoms with Gasteiger partial charge in [-0.05, 0) is 17.7 Å². The average Bonchev–Trinajstić information content (AvgIpc) is 2.70. The van der Waals surface area contributed by atoms with Crippen molar-refractivity contribution in [2.75, 3.05) is 6.54 Å². The molecular formula is C12H11ClF3NO3S. The SMILES string of the molecule is O=C1CC(S(=O)(=O)Cl)CN1Cc1cccc(C(F)(F)F)c1. The van der Waals surface area contributed by atoms with Crippen molar-refractivity contribution in [3.05, 3.63) is 35.4 Å². The topological polar surface area (TPSA) is 54.5 Å². The van der Waals surface area contributed by atoms with E-state index in [1.807, 2.05) is 0 Å². The third kappa shape index (κ3) is 3.88. The Morgan fingerprint density at radius 2 is 2.00 bits per heavy atom. The number of amides is 1. The zero-order chi connectivity index (χ0) is 15.8. The van der Waals surface area contributed by atoms with E-state index in [0.717, 1.165) is 12.1 Å². The van der Waals surface area contributed by atoms with Crippen LogP contribution in [0.2, 0.25) is 0 Å². The molecule has 1 aromatic carbocycles. The molecule has 0 aliphatic carbocycles. The maximum Gasteiger partial charge on any atom is 0.416 e. The number of likely N-dealkylation sites (tertiary alicyclic amines) is 1. The van der Waals surface area contributed by atoms with Crippen molar-refractivity contribution in [1.82, 2.24) is 4.90 Å². The molecule has 1 aliphatic heterocycles. The molecule has 0 aromatic heterocycles. The van der Waals surface area contributed by atoms with E-state index < -0.39 is 31.9 Å². The number of nitrogens with zero attached hydrogens (tertiary/aromatic N) is 1. The summed E-state index contributed by atoms with van der Waals surface area (Å²) in [5.74, 6) is -0.443. The normalized spacial score (nSPS) is 20.1. The largest absolute Gasteiger partial charge is 0.416 e. The summed E-state index contributed by atoms with van der Waals surface area (Å²) in [6, 6.07) is 4.57. The van der Waals surface area contributed by atoms with E-state index in [0.29, 0.717) is 0 Å². The molecule has 116 valence electrons. The molecule has 1 fully saturated rings. The smallest absolute Gasteiger partial charge is 0.337 e. The molecule has 1 aliphatic rings. The fourth-order valence-electron chi connectivity index (χ4n) is 2.14. The molecule has 1 atom stereocenters. The van der Waals surface area contributed by atoms with Crippen molar-refractivity contribution in [2.45, 2.75) is 24.4 Å². The predicted molar refractivity (Wildman–Crippen MR) is 70.0 cm³/mol. The lowest BCUT2D eigenvalue weighted by Crippen LogP contribution is -2.26. The second kappa shape index (κ2) is 5.49. The number of alkyl halides is 3. The van der Waals surface area contributed by atoms with Crippen molar-refractivity contribution >= 4 is 25.6 Å². The van der Waals surface area contributed by atoms with Crippen LogP contribution in [-0.2, 0) is 26.6 Å². The fraction of sp³-hybridized carbons (Fsp3) is 0.417. The molecule has 1 heterocycles. The molecule has 0 bridgehead atoms. The van der Waals surface area contributed by atoms with Gasteiger partial charge in [-0.1, -0.05) is 12.1 Å². The molecule has 1 unspecified atom stereocenters. The Hall–Kier alpha value is -1.28. The molecule has 4 nitrogen and oxygen atoms in total. The van der Waals surface area contributed by atoms with Crippen molar-refractivity contribution in [3.63, 3.8) is 0 Å². The molecule has 21 heavy (non-hydrogen) atoms. The van der Waals surface area contributed by atoms with E-state index in [-0.39, 0.29) is 25.1 Å². The Labute approximate surface area is 123 Å². The summed E-state index contributed by atoms with van der Waals surface area (Å²) in [5.41, 5.74) is -0.529. The molecule has 0 N–H and O–H groups in total. The van der Waals surface area contributed by atoms with E-state index in [2.05, 4.69) is 0 Å². The lowest BCUT2D eigenvalue weighted by Gasteiger charge is -2.17. The highest BCUT2D eigenvalue weighted by atomic mass is 35.7. The highest BCUT2D eigenvalue weighted by Crippen LogP contribution is 2.30. The molecule has 0 spiro atoms. The van der Waals surface area contributed by atoms with Gasteiger partial charge in [0.1, 0.15) is 5.25 Å². The quantitative estimate of drug-likeness (QED) is 0.793. The first-order chi connectivity index (χ1) is 9.57. The number of carbonyl (C=O) groups is 1. The van der Waals surface area contributed by atoms with Gasteiger partial charge in [-0.2, -0.15) is 13.2 Å². The predicted octanol–water partition coefficient (Wildman–Crippen LogP) is 2.37. The molecule has 2 rings (SSSR count). The minimum atomic E-state index is -4.47. The molecular weight excluding hydrogens is 331 g/mol. The number of hydrogen-bond donors (Lipinski definition) is 0. The van der Waals surface area contributed by atoms with Gasteiger partial charge >= 0.3 is 6.18 Å². The molecule has 1 aromatic rings.